The van der Waals surface area contributed by atoms with Crippen molar-refractivity contribution in [3.8, 4) is 0 Å². The number of carbonyl (C=O) groups excluding carboxylic acids is 1. The molecule has 0 radical (unpaired) electrons. The minimum atomic E-state index is -4.27. The summed E-state index contributed by atoms with van der Waals surface area (Å²) in [6, 6.07) is 2.27. The molecule has 1 aromatic rings. The van der Waals surface area contributed by atoms with E-state index in [9.17, 15) is 18.0 Å². The van der Waals surface area contributed by atoms with E-state index in [4.69, 9.17) is 16.7 Å². The molecule has 0 saturated carbocycles. The van der Waals surface area contributed by atoms with Crippen molar-refractivity contribution in [2.45, 2.75) is 24.8 Å². The second kappa shape index (κ2) is 7.08. The van der Waals surface area contributed by atoms with Crippen LogP contribution in [0.5, 0.6) is 0 Å². The Hall–Kier alpha value is -1.64. The Morgan fingerprint density at radius 1 is 1.32 bits per heavy atom. The number of methoxy groups -OCH3 is 1. The summed E-state index contributed by atoms with van der Waals surface area (Å²) in [5, 5.41) is 9.18. The molecule has 0 aliphatic rings. The number of aliphatic carboxylic acids is 1. The largest absolute Gasteiger partial charge is 0.480 e. The van der Waals surface area contributed by atoms with Crippen LogP contribution in [-0.4, -0.2) is 38.6 Å². The first kappa shape index (κ1) is 18.4. The van der Waals surface area contributed by atoms with Gasteiger partial charge in [0, 0.05) is 5.02 Å². The highest BCUT2D eigenvalue weighted by Crippen LogP contribution is 2.22. The molecule has 9 heteroatoms. The number of carbonyl (C=O) groups is 2. The lowest BCUT2D eigenvalue weighted by atomic mass is 10.1. The van der Waals surface area contributed by atoms with E-state index in [1.165, 1.54) is 12.1 Å². The molecule has 0 bridgehead atoms. The maximum absolute atomic E-state index is 12.4. The number of halogens is 1. The van der Waals surface area contributed by atoms with Crippen molar-refractivity contribution >= 4 is 33.6 Å². The number of carboxylic acid groups (broad SMARTS) is 1. The fraction of sp³-hybridized carbons (Fsp3) is 0.385. The number of carboxylic acids is 1. The molecule has 0 aromatic heterocycles. The van der Waals surface area contributed by atoms with Gasteiger partial charge in [-0.1, -0.05) is 25.4 Å². The van der Waals surface area contributed by atoms with Crippen molar-refractivity contribution in [3.05, 3.63) is 28.8 Å². The van der Waals surface area contributed by atoms with Crippen LogP contribution in [0, 0.1) is 5.92 Å². The van der Waals surface area contributed by atoms with Gasteiger partial charge in [0.15, 0.2) is 0 Å². The highest BCUT2D eigenvalue weighted by atomic mass is 35.5. The van der Waals surface area contributed by atoms with Crippen LogP contribution < -0.4 is 4.72 Å². The third-order valence-electron chi connectivity index (χ3n) is 2.85. The Balaban J connectivity index is 3.36. The van der Waals surface area contributed by atoms with Crippen molar-refractivity contribution in [2.24, 2.45) is 5.92 Å². The maximum Gasteiger partial charge on any atom is 0.339 e. The zero-order chi connectivity index (χ0) is 17.1. The molecule has 1 atom stereocenters. The van der Waals surface area contributed by atoms with Gasteiger partial charge in [0.1, 0.15) is 6.04 Å². The van der Waals surface area contributed by atoms with Crippen LogP contribution in [0.3, 0.4) is 0 Å². The maximum atomic E-state index is 12.4. The third-order valence-corrected chi connectivity index (χ3v) is 4.57. The van der Waals surface area contributed by atoms with Gasteiger partial charge in [0.2, 0.25) is 10.0 Å². The van der Waals surface area contributed by atoms with Crippen LogP contribution in [0.25, 0.3) is 0 Å². The second-order valence-corrected chi connectivity index (χ2v) is 6.93. The average Bonchev–Trinajstić information content (AvgIpc) is 2.43. The summed E-state index contributed by atoms with van der Waals surface area (Å²) in [5.74, 6) is -2.68. The quantitative estimate of drug-likeness (QED) is 0.753. The van der Waals surface area contributed by atoms with Crippen LogP contribution in [0.15, 0.2) is 23.1 Å². The van der Waals surface area contributed by atoms with E-state index in [0.29, 0.717) is 0 Å². The fourth-order valence-corrected chi connectivity index (χ4v) is 3.49. The summed E-state index contributed by atoms with van der Waals surface area (Å²) >= 11 is 5.77. The Morgan fingerprint density at radius 2 is 1.91 bits per heavy atom. The predicted octanol–water partition coefficient (Wildman–Crippen LogP) is 1.51. The van der Waals surface area contributed by atoms with Gasteiger partial charge in [-0.2, -0.15) is 4.72 Å². The summed E-state index contributed by atoms with van der Waals surface area (Å²) in [4.78, 5) is 22.4. The van der Waals surface area contributed by atoms with Gasteiger partial charge >= 0.3 is 11.9 Å². The van der Waals surface area contributed by atoms with E-state index < -0.39 is 38.8 Å². The molecule has 0 aliphatic carbocycles. The summed E-state index contributed by atoms with van der Waals surface area (Å²) in [6.45, 7) is 3.11. The molecule has 0 unspecified atom stereocenters. The van der Waals surface area contributed by atoms with Gasteiger partial charge in [-0.25, -0.2) is 13.2 Å². The molecular formula is C13H16ClNO6S. The molecule has 0 saturated heterocycles. The third kappa shape index (κ3) is 4.19. The van der Waals surface area contributed by atoms with Crippen LogP contribution >= 0.6 is 11.6 Å². The van der Waals surface area contributed by atoms with Gasteiger partial charge in [0.25, 0.3) is 0 Å². The molecule has 0 spiro atoms. The Morgan fingerprint density at radius 3 is 2.36 bits per heavy atom. The summed E-state index contributed by atoms with van der Waals surface area (Å²) in [5.41, 5.74) is -0.229. The summed E-state index contributed by atoms with van der Waals surface area (Å²) < 4.78 is 31.4. The summed E-state index contributed by atoms with van der Waals surface area (Å²) in [6.07, 6.45) is 0. The number of hydrogen-bond donors (Lipinski definition) is 2. The smallest absolute Gasteiger partial charge is 0.339 e. The molecule has 22 heavy (non-hydrogen) atoms. The Kier molecular flexibility index (Phi) is 5.92. The van der Waals surface area contributed by atoms with E-state index in [1.54, 1.807) is 13.8 Å². The van der Waals surface area contributed by atoms with Crippen molar-refractivity contribution in [2.75, 3.05) is 7.11 Å². The van der Waals surface area contributed by atoms with E-state index in [2.05, 4.69) is 9.46 Å². The van der Waals surface area contributed by atoms with Crippen molar-refractivity contribution in [1.82, 2.24) is 4.72 Å². The number of esters is 1. The lowest BCUT2D eigenvalue weighted by Crippen LogP contribution is -2.44. The number of benzene rings is 1. The normalized spacial score (nSPS) is 13.0. The number of ether oxygens (including phenoxy) is 1. The molecule has 0 amide bonds. The van der Waals surface area contributed by atoms with Gasteiger partial charge < -0.3 is 9.84 Å². The van der Waals surface area contributed by atoms with E-state index in [-0.39, 0.29) is 10.6 Å². The van der Waals surface area contributed by atoms with Gasteiger partial charge in [0.05, 0.1) is 17.6 Å². The highest BCUT2D eigenvalue weighted by Gasteiger charge is 2.31. The molecular weight excluding hydrogens is 334 g/mol. The topological polar surface area (TPSA) is 110 Å². The van der Waals surface area contributed by atoms with E-state index in [1.807, 2.05) is 0 Å². The molecule has 1 aromatic carbocycles. The molecule has 2 N–H and O–H groups in total. The molecule has 0 aliphatic heterocycles. The Bertz CT molecular complexity index is 686. The monoisotopic (exact) mass is 349 g/mol. The molecule has 0 heterocycles. The zero-order valence-corrected chi connectivity index (χ0v) is 13.7. The SMILES string of the molecule is COC(=O)c1ccc(Cl)cc1S(=O)(=O)N[C@@H](C(=O)O)C(C)C. The number of nitrogens with one attached hydrogen (secondary N) is 1. The average molecular weight is 350 g/mol. The highest BCUT2D eigenvalue weighted by molar-refractivity contribution is 7.89. The van der Waals surface area contributed by atoms with Gasteiger partial charge in [-0.05, 0) is 24.1 Å². The second-order valence-electron chi connectivity index (χ2n) is 4.81. The molecule has 1 rings (SSSR count). The van der Waals surface area contributed by atoms with Crippen molar-refractivity contribution < 1.29 is 27.9 Å². The molecule has 0 fully saturated rings. The fourth-order valence-electron chi connectivity index (χ4n) is 1.70. The van der Waals surface area contributed by atoms with Crippen LogP contribution in [0.4, 0.5) is 0 Å². The first-order chi connectivity index (χ1) is 10.1. The standard InChI is InChI=1S/C13H16ClNO6S/c1-7(2)11(12(16)17)15-22(19,20)10-6-8(14)4-5-9(10)13(18)21-3/h4-7,11,15H,1-3H3,(H,16,17)/t11-/m1/s1. The van der Waals surface area contributed by atoms with Gasteiger partial charge in [-0.15, -0.1) is 0 Å². The minimum Gasteiger partial charge on any atom is -0.480 e. The lowest BCUT2D eigenvalue weighted by Gasteiger charge is -2.19. The van der Waals surface area contributed by atoms with Crippen molar-refractivity contribution in [3.63, 3.8) is 0 Å². The summed E-state index contributed by atoms with van der Waals surface area (Å²) in [7, 11) is -3.17. The van der Waals surface area contributed by atoms with Crippen LogP contribution in [-0.2, 0) is 19.6 Å². The Labute approximate surface area is 133 Å². The van der Waals surface area contributed by atoms with Gasteiger partial charge in [-0.3, -0.25) is 4.79 Å². The predicted molar refractivity (Wildman–Crippen MR) is 79.4 cm³/mol. The molecule has 7 nitrogen and oxygen atoms in total. The number of hydrogen-bond acceptors (Lipinski definition) is 5. The number of rotatable bonds is 6. The van der Waals surface area contributed by atoms with Crippen molar-refractivity contribution in [1.29, 1.82) is 0 Å². The lowest BCUT2D eigenvalue weighted by molar-refractivity contribution is -0.140. The van der Waals surface area contributed by atoms with Crippen LogP contribution in [0.2, 0.25) is 5.02 Å². The first-order valence-electron chi connectivity index (χ1n) is 6.23. The molecule has 122 valence electrons. The van der Waals surface area contributed by atoms with E-state index >= 15 is 0 Å². The minimum absolute atomic E-state index is 0.0875. The zero-order valence-electron chi connectivity index (χ0n) is 12.2. The van der Waals surface area contributed by atoms with Crippen LogP contribution in [0.1, 0.15) is 24.2 Å². The number of sulfonamides is 1. The first-order valence-corrected chi connectivity index (χ1v) is 8.09. The van der Waals surface area contributed by atoms with E-state index in [0.717, 1.165) is 13.2 Å².